The van der Waals surface area contributed by atoms with Gasteiger partial charge < -0.3 is 4.98 Å². The fraction of sp³-hybridized carbons (Fsp3) is 0.0476. The molecule has 3 aromatic carbocycles. The average Bonchev–Trinajstić information content (AvgIpc) is 2.97. The molecule has 4 aromatic rings. The topological polar surface area (TPSA) is 15.8 Å². The third-order valence-corrected chi connectivity index (χ3v) is 4.19. The van der Waals surface area contributed by atoms with Crippen LogP contribution in [0, 0.1) is 6.92 Å². The second kappa shape index (κ2) is 5.19. The van der Waals surface area contributed by atoms with Gasteiger partial charge in [-0.1, -0.05) is 60.7 Å². The van der Waals surface area contributed by atoms with E-state index in [0.29, 0.717) is 0 Å². The molecule has 1 heteroatoms. The van der Waals surface area contributed by atoms with Crippen molar-refractivity contribution in [1.29, 1.82) is 0 Å². The van der Waals surface area contributed by atoms with E-state index in [-0.39, 0.29) is 0 Å². The average molecular weight is 283 g/mol. The monoisotopic (exact) mass is 283 g/mol. The Morgan fingerprint density at radius 3 is 2.00 bits per heavy atom. The molecule has 0 atom stereocenters. The van der Waals surface area contributed by atoms with E-state index in [9.17, 15) is 0 Å². The first kappa shape index (κ1) is 12.9. The highest BCUT2D eigenvalue weighted by molar-refractivity contribution is 5.99. The summed E-state index contributed by atoms with van der Waals surface area (Å²) in [5, 5.41) is 1.29. The van der Waals surface area contributed by atoms with Crippen molar-refractivity contribution >= 4 is 10.9 Å². The standard InChI is InChI=1S/C21H17N/c1-15-14-22-21-19(15)12-18(16-8-4-2-5-9-16)13-20(21)17-10-6-3-7-11-17/h2-14,22H,1H3. The van der Waals surface area contributed by atoms with Crippen molar-refractivity contribution in [3.63, 3.8) is 0 Å². The lowest BCUT2D eigenvalue weighted by Crippen LogP contribution is -1.84. The Morgan fingerprint density at radius 2 is 1.32 bits per heavy atom. The Hall–Kier alpha value is -2.80. The smallest absolute Gasteiger partial charge is 0.0536 e. The minimum atomic E-state index is 1.21. The van der Waals surface area contributed by atoms with E-state index >= 15 is 0 Å². The van der Waals surface area contributed by atoms with Crippen LogP contribution in [0.3, 0.4) is 0 Å². The summed E-state index contributed by atoms with van der Waals surface area (Å²) in [4.78, 5) is 3.43. The van der Waals surface area contributed by atoms with Crippen LogP contribution >= 0.6 is 0 Å². The number of aromatic nitrogens is 1. The van der Waals surface area contributed by atoms with Crippen molar-refractivity contribution in [3.8, 4) is 22.3 Å². The quantitative estimate of drug-likeness (QED) is 0.478. The molecular weight excluding hydrogens is 266 g/mol. The number of fused-ring (bicyclic) bond motifs is 1. The predicted octanol–water partition coefficient (Wildman–Crippen LogP) is 5.81. The van der Waals surface area contributed by atoms with E-state index in [2.05, 4.69) is 90.9 Å². The van der Waals surface area contributed by atoms with E-state index in [4.69, 9.17) is 0 Å². The zero-order valence-corrected chi connectivity index (χ0v) is 12.5. The molecule has 4 rings (SSSR count). The Bertz CT molecular complexity index is 918. The third-order valence-electron chi connectivity index (χ3n) is 4.19. The van der Waals surface area contributed by atoms with Crippen LogP contribution in [-0.4, -0.2) is 4.98 Å². The summed E-state index contributed by atoms with van der Waals surface area (Å²) in [5.41, 5.74) is 7.50. The first-order valence-electron chi connectivity index (χ1n) is 7.55. The maximum atomic E-state index is 3.43. The van der Waals surface area contributed by atoms with Crippen LogP contribution in [0.2, 0.25) is 0 Å². The van der Waals surface area contributed by atoms with Crippen LogP contribution in [0.15, 0.2) is 79.0 Å². The Labute approximate surface area is 130 Å². The normalized spacial score (nSPS) is 11.0. The molecule has 0 saturated heterocycles. The van der Waals surface area contributed by atoms with E-state index in [0.717, 1.165) is 0 Å². The van der Waals surface area contributed by atoms with E-state index in [1.54, 1.807) is 0 Å². The second-order valence-electron chi connectivity index (χ2n) is 5.65. The van der Waals surface area contributed by atoms with Gasteiger partial charge in [-0.15, -0.1) is 0 Å². The molecule has 106 valence electrons. The summed E-state index contributed by atoms with van der Waals surface area (Å²) in [6.07, 6.45) is 2.09. The van der Waals surface area contributed by atoms with Gasteiger partial charge in [-0.2, -0.15) is 0 Å². The third kappa shape index (κ3) is 2.11. The number of H-pyrrole nitrogens is 1. The summed E-state index contributed by atoms with van der Waals surface area (Å²) >= 11 is 0. The number of aromatic amines is 1. The molecule has 22 heavy (non-hydrogen) atoms. The summed E-state index contributed by atoms with van der Waals surface area (Å²) < 4.78 is 0. The minimum absolute atomic E-state index is 1.21. The van der Waals surface area contributed by atoms with Gasteiger partial charge >= 0.3 is 0 Å². The fourth-order valence-electron chi connectivity index (χ4n) is 3.01. The molecule has 1 aromatic heterocycles. The summed E-state index contributed by atoms with van der Waals surface area (Å²) in [5.74, 6) is 0. The molecule has 0 radical (unpaired) electrons. The van der Waals surface area contributed by atoms with Crippen molar-refractivity contribution in [2.24, 2.45) is 0 Å². The molecule has 0 aliphatic rings. The van der Waals surface area contributed by atoms with E-state index in [1.807, 2.05) is 0 Å². The van der Waals surface area contributed by atoms with Crippen LogP contribution in [0.5, 0.6) is 0 Å². The molecule has 0 spiro atoms. The number of nitrogens with one attached hydrogen (secondary N) is 1. The lowest BCUT2D eigenvalue weighted by molar-refractivity contribution is 1.42. The second-order valence-corrected chi connectivity index (χ2v) is 5.65. The highest BCUT2D eigenvalue weighted by atomic mass is 14.7. The van der Waals surface area contributed by atoms with Crippen molar-refractivity contribution in [2.75, 3.05) is 0 Å². The minimum Gasteiger partial charge on any atom is -0.360 e. The van der Waals surface area contributed by atoms with Gasteiger partial charge in [0.05, 0.1) is 5.52 Å². The van der Waals surface area contributed by atoms with Gasteiger partial charge in [0.2, 0.25) is 0 Å². The molecule has 0 aliphatic carbocycles. The number of aryl methyl sites for hydroxylation is 1. The van der Waals surface area contributed by atoms with Crippen LogP contribution < -0.4 is 0 Å². The van der Waals surface area contributed by atoms with Gasteiger partial charge in [-0.05, 0) is 41.3 Å². The van der Waals surface area contributed by atoms with Gasteiger partial charge in [0.25, 0.3) is 0 Å². The highest BCUT2D eigenvalue weighted by Crippen LogP contribution is 2.34. The number of hydrogen-bond acceptors (Lipinski definition) is 0. The van der Waals surface area contributed by atoms with Crippen LogP contribution in [0.4, 0.5) is 0 Å². The molecule has 1 heterocycles. The maximum Gasteiger partial charge on any atom is 0.0536 e. The fourth-order valence-corrected chi connectivity index (χ4v) is 3.01. The first-order chi connectivity index (χ1) is 10.8. The molecule has 1 N–H and O–H groups in total. The molecule has 0 fully saturated rings. The van der Waals surface area contributed by atoms with Crippen molar-refractivity contribution < 1.29 is 0 Å². The Balaban J connectivity index is 2.03. The zero-order valence-electron chi connectivity index (χ0n) is 12.5. The van der Waals surface area contributed by atoms with Crippen molar-refractivity contribution in [1.82, 2.24) is 4.98 Å². The Morgan fingerprint density at radius 1 is 0.682 bits per heavy atom. The zero-order chi connectivity index (χ0) is 14.9. The van der Waals surface area contributed by atoms with Crippen LogP contribution in [-0.2, 0) is 0 Å². The van der Waals surface area contributed by atoms with E-state index in [1.165, 1.54) is 38.7 Å². The Kier molecular flexibility index (Phi) is 3.05. The lowest BCUT2D eigenvalue weighted by Gasteiger charge is -2.09. The molecule has 1 nitrogen and oxygen atoms in total. The van der Waals surface area contributed by atoms with Gasteiger partial charge in [-0.3, -0.25) is 0 Å². The van der Waals surface area contributed by atoms with Gasteiger partial charge in [-0.25, -0.2) is 0 Å². The lowest BCUT2D eigenvalue weighted by atomic mass is 9.95. The maximum absolute atomic E-state index is 3.43. The van der Waals surface area contributed by atoms with E-state index < -0.39 is 0 Å². The summed E-state index contributed by atoms with van der Waals surface area (Å²) in [6, 6.07) is 25.7. The van der Waals surface area contributed by atoms with Gasteiger partial charge in [0.15, 0.2) is 0 Å². The van der Waals surface area contributed by atoms with Crippen molar-refractivity contribution in [2.45, 2.75) is 6.92 Å². The molecule has 0 unspecified atom stereocenters. The van der Waals surface area contributed by atoms with Crippen molar-refractivity contribution in [3.05, 3.63) is 84.6 Å². The van der Waals surface area contributed by atoms with Crippen LogP contribution in [0.25, 0.3) is 33.2 Å². The molecule has 0 aliphatic heterocycles. The predicted molar refractivity (Wildman–Crippen MR) is 93.9 cm³/mol. The first-order valence-corrected chi connectivity index (χ1v) is 7.55. The molecule has 0 amide bonds. The van der Waals surface area contributed by atoms with Gasteiger partial charge in [0, 0.05) is 17.1 Å². The largest absolute Gasteiger partial charge is 0.360 e. The number of hydrogen-bond donors (Lipinski definition) is 1. The molecular formula is C21H17N. The molecule has 0 bridgehead atoms. The SMILES string of the molecule is Cc1c[nH]c2c(-c3ccccc3)cc(-c3ccccc3)cc12. The summed E-state index contributed by atoms with van der Waals surface area (Å²) in [7, 11) is 0. The number of rotatable bonds is 2. The summed E-state index contributed by atoms with van der Waals surface area (Å²) in [6.45, 7) is 2.16. The molecule has 0 saturated carbocycles. The van der Waals surface area contributed by atoms with Crippen LogP contribution in [0.1, 0.15) is 5.56 Å². The van der Waals surface area contributed by atoms with Gasteiger partial charge in [0.1, 0.15) is 0 Å². The highest BCUT2D eigenvalue weighted by Gasteiger charge is 2.10. The number of benzene rings is 3.